The minimum atomic E-state index is -1.25. The number of rotatable bonds is 24. The Balaban J connectivity index is 2.18. The molecule has 2 aliphatic heterocycles. The maximum atomic E-state index is 14.2. The summed E-state index contributed by atoms with van der Waals surface area (Å²) in [6.45, 7) is 6.35. The van der Waals surface area contributed by atoms with Gasteiger partial charge in [-0.15, -0.1) is 0 Å². The molecule has 2 heterocycles. The third-order valence-electron chi connectivity index (χ3n) is 9.77. The Morgan fingerprint density at radius 2 is 1.37 bits per heavy atom. The zero-order chi connectivity index (χ0) is 38.6. The number of amides is 5. The summed E-state index contributed by atoms with van der Waals surface area (Å²) in [5.74, 6) is -3.76. The molecule has 6 atom stereocenters. The van der Waals surface area contributed by atoms with Crippen LogP contribution in [0.3, 0.4) is 0 Å². The number of aliphatic imine (C=N–C) groups is 1. The van der Waals surface area contributed by atoms with E-state index in [4.69, 9.17) is 11.5 Å². The van der Waals surface area contributed by atoms with Gasteiger partial charge in [0.05, 0.1) is 6.10 Å². The Morgan fingerprint density at radius 1 is 0.769 bits per heavy atom. The van der Waals surface area contributed by atoms with Gasteiger partial charge in [0.2, 0.25) is 29.5 Å². The van der Waals surface area contributed by atoms with Gasteiger partial charge >= 0.3 is 5.97 Å². The molecule has 0 radical (unpaired) electrons. The molecule has 296 valence electrons. The van der Waals surface area contributed by atoms with Gasteiger partial charge in [0, 0.05) is 26.1 Å². The Morgan fingerprint density at radius 3 is 1.98 bits per heavy atom. The first kappa shape index (κ1) is 44.2. The molecule has 0 aromatic heterocycles. The lowest BCUT2D eigenvalue weighted by atomic mass is 10.0. The number of aliphatic hydroxyl groups excluding tert-OH is 1. The minimum Gasteiger partial charge on any atom is -0.480 e. The summed E-state index contributed by atoms with van der Waals surface area (Å²) in [6.07, 6.45) is 9.65. The van der Waals surface area contributed by atoms with Crippen LogP contribution in [0.4, 0.5) is 0 Å². The molecule has 0 spiro atoms. The normalized spacial score (nSPS) is 19.3. The molecule has 2 saturated heterocycles. The molecule has 16 heteroatoms. The van der Waals surface area contributed by atoms with Crippen LogP contribution < -0.4 is 27.4 Å². The molecule has 16 nitrogen and oxygen atoms in total. The fourth-order valence-corrected chi connectivity index (χ4v) is 6.84. The van der Waals surface area contributed by atoms with E-state index < -0.39 is 65.9 Å². The van der Waals surface area contributed by atoms with Crippen molar-refractivity contribution in [1.82, 2.24) is 25.8 Å². The van der Waals surface area contributed by atoms with Crippen LogP contribution in [0, 0.1) is 0 Å². The number of carbonyl (C=O) groups is 6. The average Bonchev–Trinajstić information content (AvgIpc) is 3.80. The number of guanidine groups is 1. The van der Waals surface area contributed by atoms with Gasteiger partial charge in [-0.1, -0.05) is 65.2 Å². The van der Waals surface area contributed by atoms with Gasteiger partial charge in [0.15, 0.2) is 5.96 Å². The monoisotopic (exact) mass is 736 g/mol. The lowest BCUT2D eigenvalue weighted by molar-refractivity contribution is -0.149. The molecule has 0 bridgehead atoms. The Labute approximate surface area is 308 Å². The van der Waals surface area contributed by atoms with Crippen molar-refractivity contribution in [3.63, 3.8) is 0 Å². The maximum absolute atomic E-state index is 14.2. The van der Waals surface area contributed by atoms with Gasteiger partial charge in [0.25, 0.3) is 0 Å². The van der Waals surface area contributed by atoms with E-state index in [1.165, 1.54) is 16.7 Å². The highest BCUT2D eigenvalue weighted by molar-refractivity contribution is 5.96. The van der Waals surface area contributed by atoms with Crippen LogP contribution in [-0.4, -0.2) is 117 Å². The smallest absolute Gasteiger partial charge is 0.326 e. The molecule has 0 aromatic carbocycles. The van der Waals surface area contributed by atoms with E-state index in [0.717, 1.165) is 44.9 Å². The highest BCUT2D eigenvalue weighted by atomic mass is 16.4. The minimum absolute atomic E-state index is 0.0908. The number of aliphatic carboxylic acids is 1. The summed E-state index contributed by atoms with van der Waals surface area (Å²) in [5.41, 5.74) is 10.7. The number of carboxylic acid groups (broad SMARTS) is 1. The fourth-order valence-electron chi connectivity index (χ4n) is 6.84. The third kappa shape index (κ3) is 14.6. The van der Waals surface area contributed by atoms with E-state index in [9.17, 15) is 39.0 Å². The summed E-state index contributed by atoms with van der Waals surface area (Å²) in [5, 5.41) is 28.1. The highest BCUT2D eigenvalue weighted by Crippen LogP contribution is 2.26. The first-order valence-electron chi connectivity index (χ1n) is 19.3. The highest BCUT2D eigenvalue weighted by Gasteiger charge is 2.44. The predicted molar refractivity (Wildman–Crippen MR) is 197 cm³/mol. The van der Waals surface area contributed by atoms with Crippen molar-refractivity contribution in [1.29, 1.82) is 0 Å². The number of likely N-dealkylation sites (tertiary alicyclic amines) is 2. The van der Waals surface area contributed by atoms with Crippen LogP contribution in [0.15, 0.2) is 4.99 Å². The lowest BCUT2D eigenvalue weighted by Crippen LogP contribution is -2.59. The van der Waals surface area contributed by atoms with Crippen LogP contribution in [-0.2, 0) is 28.8 Å². The molecule has 2 aliphatic rings. The van der Waals surface area contributed by atoms with Crippen molar-refractivity contribution in [3.8, 4) is 0 Å². The second-order valence-corrected chi connectivity index (χ2v) is 14.1. The van der Waals surface area contributed by atoms with Gasteiger partial charge in [-0.3, -0.25) is 29.0 Å². The molecule has 0 aliphatic carbocycles. The largest absolute Gasteiger partial charge is 0.480 e. The van der Waals surface area contributed by atoms with Crippen LogP contribution in [0.2, 0.25) is 0 Å². The van der Waals surface area contributed by atoms with Crippen molar-refractivity contribution in [2.75, 3.05) is 19.6 Å². The Kier molecular flexibility index (Phi) is 20.0. The van der Waals surface area contributed by atoms with Gasteiger partial charge in [-0.2, -0.15) is 0 Å². The number of nitrogens with two attached hydrogens (primary N) is 2. The number of hydrogen-bond donors (Lipinski definition) is 7. The van der Waals surface area contributed by atoms with E-state index in [-0.39, 0.29) is 44.3 Å². The average molecular weight is 737 g/mol. The number of carboxylic acids is 1. The predicted octanol–water partition coefficient (Wildman–Crippen LogP) is 1.27. The summed E-state index contributed by atoms with van der Waals surface area (Å²) < 4.78 is 0. The number of aliphatic hydroxyl groups is 1. The summed E-state index contributed by atoms with van der Waals surface area (Å²) in [4.78, 5) is 86.3. The molecular weight excluding hydrogens is 672 g/mol. The molecule has 0 saturated carbocycles. The second-order valence-electron chi connectivity index (χ2n) is 14.1. The topological polar surface area (TPSA) is 250 Å². The first-order chi connectivity index (χ1) is 24.8. The Bertz CT molecular complexity index is 1210. The number of nitrogens with one attached hydrogen (secondary N) is 3. The lowest BCUT2D eigenvalue weighted by Gasteiger charge is -2.33. The van der Waals surface area contributed by atoms with Crippen molar-refractivity contribution in [2.45, 2.75) is 166 Å². The van der Waals surface area contributed by atoms with Crippen LogP contribution in [0.5, 0.6) is 0 Å². The van der Waals surface area contributed by atoms with Crippen LogP contribution >= 0.6 is 0 Å². The van der Waals surface area contributed by atoms with Crippen molar-refractivity contribution in [3.05, 3.63) is 0 Å². The van der Waals surface area contributed by atoms with Gasteiger partial charge in [-0.25, -0.2) is 4.79 Å². The van der Waals surface area contributed by atoms with Crippen LogP contribution in [0.1, 0.15) is 130 Å². The summed E-state index contributed by atoms with van der Waals surface area (Å²) in [6, 6.07) is -5.18. The number of unbranched alkanes of at least 4 members (excludes halogenated alkanes) is 7. The van der Waals surface area contributed by atoms with E-state index in [1.807, 2.05) is 0 Å². The van der Waals surface area contributed by atoms with Gasteiger partial charge in [0.1, 0.15) is 30.2 Å². The zero-order valence-electron chi connectivity index (χ0n) is 31.4. The van der Waals surface area contributed by atoms with Crippen molar-refractivity contribution in [2.24, 2.45) is 16.5 Å². The number of carbonyl (C=O) groups excluding carboxylic acids is 5. The van der Waals surface area contributed by atoms with E-state index >= 15 is 0 Å². The van der Waals surface area contributed by atoms with Crippen molar-refractivity contribution >= 4 is 41.5 Å². The molecule has 0 aromatic rings. The SMILES string of the molecule is CCCCCCCC(NC(=O)C(NC(=O)CCCCCC)C(C)O)C(=O)N1CCCC1C(=O)N1CCCC1C(=O)N[C@H](CCCN=C(N)N)C(=O)O. The molecule has 5 amide bonds. The van der Waals surface area contributed by atoms with E-state index in [0.29, 0.717) is 51.4 Å². The van der Waals surface area contributed by atoms with Gasteiger partial charge < -0.3 is 47.4 Å². The molecule has 2 fully saturated rings. The molecule has 9 N–H and O–H groups in total. The van der Waals surface area contributed by atoms with E-state index in [1.54, 1.807) is 0 Å². The quantitative estimate of drug-likeness (QED) is 0.0425. The molecular formula is C36H64N8O8. The van der Waals surface area contributed by atoms with Crippen LogP contribution in [0.25, 0.3) is 0 Å². The zero-order valence-corrected chi connectivity index (χ0v) is 31.4. The third-order valence-corrected chi connectivity index (χ3v) is 9.77. The maximum Gasteiger partial charge on any atom is 0.326 e. The Hall–Kier alpha value is -3.95. The molecule has 52 heavy (non-hydrogen) atoms. The second kappa shape index (κ2) is 23.6. The van der Waals surface area contributed by atoms with Gasteiger partial charge in [-0.05, 0) is 58.3 Å². The first-order valence-corrected chi connectivity index (χ1v) is 19.3. The number of nitrogens with zero attached hydrogens (tertiary/aromatic N) is 3. The summed E-state index contributed by atoms with van der Waals surface area (Å²) in [7, 11) is 0. The molecule has 2 rings (SSSR count). The molecule has 5 unspecified atom stereocenters. The standard InChI is InChI=1S/C36H64N8O8/c1-4-6-8-10-11-16-25(40-32(48)30(24(3)45)42-29(46)20-12-9-7-5-2)33(49)44-23-15-19-28(44)34(50)43-22-14-18-27(43)31(47)41-26(35(51)52)17-13-21-39-36(37)38/h24-28,30,45H,4-23H2,1-3H3,(H,40,48)(H,41,47)(H,42,46)(H,51,52)(H4,37,38,39)/t24?,25?,26-,27?,28?,30?/m1/s1. The summed E-state index contributed by atoms with van der Waals surface area (Å²) >= 11 is 0. The number of hydrogen-bond acceptors (Lipinski definition) is 8. The fraction of sp³-hybridized carbons (Fsp3) is 0.806. The van der Waals surface area contributed by atoms with Crippen molar-refractivity contribution < 1.29 is 39.0 Å². The van der Waals surface area contributed by atoms with E-state index in [2.05, 4.69) is 34.8 Å².